The molecular weight excluding hydrogens is 492 g/mol. The molecule has 0 radical (unpaired) electrons. The molecule has 6 nitrogen and oxygen atoms in total. The Hall–Kier alpha value is -5.62. The highest BCUT2D eigenvalue weighted by molar-refractivity contribution is 6.28. The molecule has 0 saturated heterocycles. The number of rotatable bonds is 2. The van der Waals surface area contributed by atoms with Gasteiger partial charge in [-0.2, -0.15) is 0 Å². The van der Waals surface area contributed by atoms with E-state index in [9.17, 15) is 0 Å². The molecule has 0 aliphatic heterocycles. The first-order chi connectivity index (χ1) is 19.8. The fourth-order valence-electron chi connectivity index (χ4n) is 6.09. The van der Waals surface area contributed by atoms with E-state index in [0.29, 0.717) is 11.9 Å². The van der Waals surface area contributed by atoms with Crippen LogP contribution >= 0.6 is 0 Å². The first-order valence-electron chi connectivity index (χ1n) is 13.2. The Balaban J connectivity index is 1.43. The summed E-state index contributed by atoms with van der Waals surface area (Å²) in [4.78, 5) is 19.5. The number of hydrogen-bond acceptors (Lipinski definition) is 4. The minimum absolute atomic E-state index is 0.658. The largest absolute Gasteiger partial charge is 0.278 e. The van der Waals surface area contributed by atoms with E-state index in [1.807, 2.05) is 60.9 Å². The zero-order valence-corrected chi connectivity index (χ0v) is 21.2. The van der Waals surface area contributed by atoms with Crippen LogP contribution in [0.15, 0.2) is 122 Å². The second kappa shape index (κ2) is 7.94. The van der Waals surface area contributed by atoms with Gasteiger partial charge < -0.3 is 0 Å². The second-order valence-electron chi connectivity index (χ2n) is 10.0. The van der Waals surface area contributed by atoms with E-state index in [0.717, 1.165) is 54.6 Å². The van der Waals surface area contributed by atoms with Gasteiger partial charge in [0.15, 0.2) is 0 Å². The number of para-hydroxylation sites is 4. The summed E-state index contributed by atoms with van der Waals surface area (Å²) in [6.07, 6.45) is 3.81. The Morgan fingerprint density at radius 1 is 0.400 bits per heavy atom. The molecule has 9 aromatic rings. The monoisotopic (exact) mass is 512 g/mol. The third-order valence-corrected chi connectivity index (χ3v) is 7.82. The van der Waals surface area contributed by atoms with Crippen LogP contribution in [-0.2, 0) is 0 Å². The maximum absolute atomic E-state index is 4.97. The van der Waals surface area contributed by atoms with Crippen LogP contribution < -0.4 is 0 Å². The van der Waals surface area contributed by atoms with Crippen LogP contribution in [-0.4, -0.2) is 29.1 Å². The van der Waals surface area contributed by atoms with Crippen LogP contribution in [0.4, 0.5) is 0 Å². The molecular formula is C34H20N6. The summed E-state index contributed by atoms with van der Waals surface area (Å²) in [6, 6.07) is 37.5. The van der Waals surface area contributed by atoms with Crippen LogP contribution in [0.1, 0.15) is 0 Å². The smallest absolute Gasteiger partial charge is 0.235 e. The molecule has 0 saturated carbocycles. The molecule has 0 bridgehead atoms. The Bertz CT molecular complexity index is 2280. The summed E-state index contributed by atoms with van der Waals surface area (Å²) >= 11 is 0. The maximum atomic E-state index is 4.97. The van der Waals surface area contributed by atoms with Crippen molar-refractivity contribution in [2.45, 2.75) is 0 Å². The summed E-state index contributed by atoms with van der Waals surface area (Å²) < 4.78 is 4.35. The van der Waals surface area contributed by atoms with Crippen molar-refractivity contribution in [1.29, 1.82) is 0 Å². The van der Waals surface area contributed by atoms with Gasteiger partial charge in [-0.05, 0) is 36.4 Å². The predicted molar refractivity (Wildman–Crippen MR) is 161 cm³/mol. The minimum Gasteiger partial charge on any atom is -0.278 e. The number of benzene rings is 5. The van der Waals surface area contributed by atoms with Crippen LogP contribution in [0, 0.1) is 0 Å². The second-order valence-corrected chi connectivity index (χ2v) is 10.0. The molecule has 5 aromatic carbocycles. The lowest BCUT2D eigenvalue weighted by molar-refractivity contribution is 1.01. The van der Waals surface area contributed by atoms with Crippen LogP contribution in [0.3, 0.4) is 0 Å². The molecule has 0 aliphatic rings. The summed E-state index contributed by atoms with van der Waals surface area (Å²) in [7, 11) is 0. The van der Waals surface area contributed by atoms with Crippen LogP contribution in [0.2, 0.25) is 0 Å². The first kappa shape index (κ1) is 21.3. The SMILES string of the molecule is c1ccc2nc(-n3c4ccccc4c4c5c6ccccc6n(-c6ncc7ccccc7n6)c5ccc43)ncc2c1. The third kappa shape index (κ3) is 2.87. The molecule has 0 spiro atoms. The molecule has 9 rings (SSSR count). The van der Waals surface area contributed by atoms with Gasteiger partial charge in [-0.25, -0.2) is 19.9 Å². The van der Waals surface area contributed by atoms with Crippen molar-refractivity contribution in [3.63, 3.8) is 0 Å². The third-order valence-electron chi connectivity index (χ3n) is 7.82. The highest BCUT2D eigenvalue weighted by Gasteiger charge is 2.21. The van der Waals surface area contributed by atoms with Gasteiger partial charge in [0.1, 0.15) is 0 Å². The molecule has 0 N–H and O–H groups in total. The van der Waals surface area contributed by atoms with E-state index in [-0.39, 0.29) is 0 Å². The van der Waals surface area contributed by atoms with Crippen molar-refractivity contribution in [3.8, 4) is 11.9 Å². The summed E-state index contributed by atoms with van der Waals surface area (Å²) in [5.41, 5.74) is 6.10. The van der Waals surface area contributed by atoms with E-state index in [1.54, 1.807) is 0 Å². The van der Waals surface area contributed by atoms with Crippen molar-refractivity contribution in [2.75, 3.05) is 0 Å². The lowest BCUT2D eigenvalue weighted by Gasteiger charge is -2.08. The van der Waals surface area contributed by atoms with Gasteiger partial charge in [0.2, 0.25) is 11.9 Å². The fourth-order valence-corrected chi connectivity index (χ4v) is 6.09. The van der Waals surface area contributed by atoms with E-state index < -0.39 is 0 Å². The van der Waals surface area contributed by atoms with Gasteiger partial charge in [0.05, 0.1) is 33.1 Å². The first-order valence-corrected chi connectivity index (χ1v) is 13.2. The van der Waals surface area contributed by atoms with Crippen molar-refractivity contribution < 1.29 is 0 Å². The van der Waals surface area contributed by atoms with E-state index >= 15 is 0 Å². The quantitative estimate of drug-likeness (QED) is 0.237. The Kier molecular flexibility index (Phi) is 4.24. The summed E-state index contributed by atoms with van der Waals surface area (Å²) in [5, 5.41) is 6.69. The maximum Gasteiger partial charge on any atom is 0.235 e. The molecule has 4 aromatic heterocycles. The molecule has 186 valence electrons. The lowest BCUT2D eigenvalue weighted by atomic mass is 10.1. The van der Waals surface area contributed by atoms with E-state index in [4.69, 9.17) is 19.9 Å². The van der Waals surface area contributed by atoms with Gasteiger partial charge in [-0.15, -0.1) is 0 Å². The van der Waals surface area contributed by atoms with Gasteiger partial charge in [-0.1, -0.05) is 72.8 Å². The highest BCUT2D eigenvalue weighted by Crippen LogP contribution is 2.41. The molecule has 4 heterocycles. The molecule has 40 heavy (non-hydrogen) atoms. The van der Waals surface area contributed by atoms with Gasteiger partial charge in [0, 0.05) is 44.7 Å². The van der Waals surface area contributed by atoms with Crippen LogP contribution in [0.5, 0.6) is 0 Å². The highest BCUT2D eigenvalue weighted by atomic mass is 15.2. The van der Waals surface area contributed by atoms with Gasteiger partial charge in [-0.3, -0.25) is 9.13 Å². The molecule has 0 amide bonds. The molecule has 0 atom stereocenters. The zero-order chi connectivity index (χ0) is 26.2. The Morgan fingerprint density at radius 3 is 1.32 bits per heavy atom. The van der Waals surface area contributed by atoms with Crippen molar-refractivity contribution in [2.24, 2.45) is 0 Å². The molecule has 6 heteroatoms. The molecule has 0 unspecified atom stereocenters. The summed E-state index contributed by atoms with van der Waals surface area (Å²) in [5.74, 6) is 1.32. The summed E-state index contributed by atoms with van der Waals surface area (Å²) in [6.45, 7) is 0. The average Bonchev–Trinajstić information content (AvgIpc) is 3.53. The molecule has 0 aliphatic carbocycles. The van der Waals surface area contributed by atoms with Crippen molar-refractivity contribution in [3.05, 3.63) is 122 Å². The number of hydrogen-bond donors (Lipinski definition) is 0. The normalized spacial score (nSPS) is 12.0. The topological polar surface area (TPSA) is 61.4 Å². The van der Waals surface area contributed by atoms with Crippen molar-refractivity contribution >= 4 is 65.4 Å². The van der Waals surface area contributed by atoms with Gasteiger partial charge in [0.25, 0.3) is 0 Å². The number of aromatic nitrogens is 6. The van der Waals surface area contributed by atoms with E-state index in [2.05, 4.69) is 69.8 Å². The predicted octanol–water partition coefficient (Wildman–Crippen LogP) is 7.77. The fraction of sp³-hybridized carbons (Fsp3) is 0. The lowest BCUT2D eigenvalue weighted by Crippen LogP contribution is -2.01. The van der Waals surface area contributed by atoms with Gasteiger partial charge >= 0.3 is 0 Å². The average molecular weight is 513 g/mol. The van der Waals surface area contributed by atoms with Crippen LogP contribution in [0.25, 0.3) is 77.3 Å². The minimum atomic E-state index is 0.658. The van der Waals surface area contributed by atoms with Crippen molar-refractivity contribution in [1.82, 2.24) is 29.1 Å². The standard InChI is InChI=1S/C34H20N6/c1-5-13-25-21(9-1)19-35-33(37-25)39-27-15-7-3-11-23(27)31-29(39)17-18-30-32(31)24-12-4-8-16-28(24)40(30)34-36-20-22-10-2-6-14-26(22)38-34/h1-20H. The zero-order valence-electron chi connectivity index (χ0n) is 21.2. The Morgan fingerprint density at radius 2 is 0.825 bits per heavy atom. The number of fused-ring (bicyclic) bond motifs is 9. The molecule has 0 fully saturated rings. The van der Waals surface area contributed by atoms with E-state index in [1.165, 1.54) is 10.8 Å². The Labute approximate surface area is 227 Å². The number of nitrogens with zero attached hydrogens (tertiary/aromatic N) is 6.